The molecule has 0 spiro atoms. The van der Waals surface area contributed by atoms with Gasteiger partial charge >= 0.3 is 0 Å². The summed E-state index contributed by atoms with van der Waals surface area (Å²) in [6, 6.07) is 26.1. The summed E-state index contributed by atoms with van der Waals surface area (Å²) in [7, 11) is 0. The second-order valence-corrected chi connectivity index (χ2v) is 6.92. The molecule has 4 aromatic rings. The minimum absolute atomic E-state index is 0.172. The van der Waals surface area contributed by atoms with Crippen LogP contribution in [-0.2, 0) is 6.61 Å². The van der Waals surface area contributed by atoms with Gasteiger partial charge in [0.05, 0.1) is 5.02 Å². The number of halogens is 1. The highest BCUT2D eigenvalue weighted by atomic mass is 35.5. The average Bonchev–Trinajstić information content (AvgIpc) is 3.23. The highest BCUT2D eigenvalue weighted by molar-refractivity contribution is 6.33. The summed E-state index contributed by atoms with van der Waals surface area (Å²) in [5.41, 5.74) is 3.99. The number of rotatable bonds is 5. The number of anilines is 1. The van der Waals surface area contributed by atoms with E-state index >= 15 is 0 Å². The fraction of sp³-hybridized carbons (Fsp3) is 0.0417. The fourth-order valence-electron chi connectivity index (χ4n) is 3.05. The van der Waals surface area contributed by atoms with E-state index in [4.69, 9.17) is 21.1 Å². The van der Waals surface area contributed by atoms with E-state index in [0.717, 1.165) is 11.1 Å². The lowest BCUT2D eigenvalue weighted by Gasteiger charge is -2.09. The summed E-state index contributed by atoms with van der Waals surface area (Å²) >= 11 is 6.36. The van der Waals surface area contributed by atoms with Crippen LogP contribution < -0.4 is 5.32 Å². The van der Waals surface area contributed by atoms with E-state index in [0.29, 0.717) is 33.4 Å². The van der Waals surface area contributed by atoms with E-state index in [1.807, 2.05) is 42.5 Å². The Morgan fingerprint density at radius 2 is 1.62 bits per heavy atom. The number of amides is 1. The molecule has 1 aromatic heterocycles. The van der Waals surface area contributed by atoms with E-state index in [2.05, 4.69) is 5.32 Å². The first-order valence-corrected chi connectivity index (χ1v) is 9.48. The van der Waals surface area contributed by atoms with Crippen LogP contribution in [0.5, 0.6) is 0 Å². The highest BCUT2D eigenvalue weighted by Gasteiger charge is 2.11. The number of aliphatic hydroxyl groups excluding tert-OH is 1. The lowest BCUT2D eigenvalue weighted by Crippen LogP contribution is -2.11. The van der Waals surface area contributed by atoms with Crippen LogP contribution >= 0.6 is 11.6 Å². The Morgan fingerprint density at radius 1 is 0.897 bits per heavy atom. The largest absolute Gasteiger partial charge is 0.459 e. The zero-order valence-electron chi connectivity index (χ0n) is 15.4. The summed E-state index contributed by atoms with van der Waals surface area (Å²) in [5.74, 6) is 0.815. The first-order valence-electron chi connectivity index (χ1n) is 9.10. The van der Waals surface area contributed by atoms with Gasteiger partial charge in [-0.05, 0) is 53.6 Å². The number of carbonyl (C=O) groups excluding carboxylic acids is 1. The smallest absolute Gasteiger partial charge is 0.255 e. The molecule has 3 aromatic carbocycles. The number of hydrogen-bond donors (Lipinski definition) is 2. The first kappa shape index (κ1) is 19.0. The van der Waals surface area contributed by atoms with Gasteiger partial charge in [-0.15, -0.1) is 0 Å². The van der Waals surface area contributed by atoms with Gasteiger partial charge in [0, 0.05) is 16.8 Å². The maximum absolute atomic E-state index is 12.6. The predicted molar refractivity (Wildman–Crippen MR) is 115 cm³/mol. The van der Waals surface area contributed by atoms with Crippen LogP contribution in [0.2, 0.25) is 5.02 Å². The van der Waals surface area contributed by atoms with Gasteiger partial charge in [-0.3, -0.25) is 4.79 Å². The zero-order chi connectivity index (χ0) is 20.2. The molecule has 0 radical (unpaired) electrons. The maximum Gasteiger partial charge on any atom is 0.255 e. The molecule has 4 rings (SSSR count). The van der Waals surface area contributed by atoms with Crippen LogP contribution in [0.15, 0.2) is 89.3 Å². The normalized spacial score (nSPS) is 10.7. The van der Waals surface area contributed by atoms with Gasteiger partial charge in [0.15, 0.2) is 0 Å². The Balaban J connectivity index is 1.49. The third kappa shape index (κ3) is 4.24. The van der Waals surface area contributed by atoms with E-state index < -0.39 is 0 Å². The Kier molecular flexibility index (Phi) is 5.47. The van der Waals surface area contributed by atoms with Crippen LogP contribution in [0.3, 0.4) is 0 Å². The minimum atomic E-state index is -0.214. The summed E-state index contributed by atoms with van der Waals surface area (Å²) in [6.45, 7) is -0.172. The van der Waals surface area contributed by atoms with Crippen molar-refractivity contribution in [1.82, 2.24) is 0 Å². The van der Waals surface area contributed by atoms with Crippen LogP contribution in [0, 0.1) is 0 Å². The lowest BCUT2D eigenvalue weighted by molar-refractivity contribution is 0.102. The number of benzene rings is 3. The molecule has 1 heterocycles. The maximum atomic E-state index is 12.6. The molecule has 0 fully saturated rings. The summed E-state index contributed by atoms with van der Waals surface area (Å²) < 4.78 is 5.52. The second kappa shape index (κ2) is 8.35. The van der Waals surface area contributed by atoms with Crippen molar-refractivity contribution in [2.24, 2.45) is 0 Å². The molecule has 29 heavy (non-hydrogen) atoms. The van der Waals surface area contributed by atoms with Crippen molar-refractivity contribution in [2.45, 2.75) is 6.61 Å². The molecule has 0 saturated carbocycles. The topological polar surface area (TPSA) is 62.5 Å². The van der Waals surface area contributed by atoms with Crippen molar-refractivity contribution in [1.29, 1.82) is 0 Å². The van der Waals surface area contributed by atoms with E-state index in [1.54, 1.807) is 42.5 Å². The number of furan rings is 1. The summed E-state index contributed by atoms with van der Waals surface area (Å²) in [5, 5.41) is 12.4. The Morgan fingerprint density at radius 3 is 2.28 bits per heavy atom. The number of aliphatic hydroxyl groups is 1. The van der Waals surface area contributed by atoms with Crippen LogP contribution in [0.25, 0.3) is 22.5 Å². The molecular formula is C24H18ClNO3. The minimum Gasteiger partial charge on any atom is -0.459 e. The van der Waals surface area contributed by atoms with Crippen molar-refractivity contribution < 1.29 is 14.3 Å². The van der Waals surface area contributed by atoms with Gasteiger partial charge in [0.1, 0.15) is 18.1 Å². The quantitative estimate of drug-likeness (QED) is 0.428. The van der Waals surface area contributed by atoms with Crippen LogP contribution in [0.4, 0.5) is 5.69 Å². The highest BCUT2D eigenvalue weighted by Crippen LogP contribution is 2.32. The van der Waals surface area contributed by atoms with Crippen molar-refractivity contribution in [2.75, 3.05) is 5.32 Å². The Bertz CT molecular complexity index is 1130. The Labute approximate surface area is 173 Å². The molecule has 4 nitrogen and oxygen atoms in total. The molecule has 0 saturated heterocycles. The molecule has 144 valence electrons. The van der Waals surface area contributed by atoms with E-state index in [9.17, 15) is 4.79 Å². The lowest BCUT2D eigenvalue weighted by atomic mass is 10.0. The van der Waals surface area contributed by atoms with Crippen molar-refractivity contribution in [3.8, 4) is 22.5 Å². The monoisotopic (exact) mass is 403 g/mol. The molecule has 0 unspecified atom stereocenters. The summed E-state index contributed by atoms with van der Waals surface area (Å²) in [6.07, 6.45) is 0. The molecule has 5 heteroatoms. The molecule has 0 aliphatic carbocycles. The van der Waals surface area contributed by atoms with Gasteiger partial charge in [-0.25, -0.2) is 0 Å². The number of carbonyl (C=O) groups is 1. The predicted octanol–water partition coefficient (Wildman–Crippen LogP) is 6.01. The second-order valence-electron chi connectivity index (χ2n) is 6.52. The number of hydrogen-bond acceptors (Lipinski definition) is 3. The van der Waals surface area contributed by atoms with Crippen LogP contribution in [0.1, 0.15) is 16.1 Å². The van der Waals surface area contributed by atoms with Gasteiger partial charge in [-0.2, -0.15) is 0 Å². The van der Waals surface area contributed by atoms with Crippen molar-refractivity contribution in [3.05, 3.63) is 101 Å². The van der Waals surface area contributed by atoms with E-state index in [-0.39, 0.29) is 12.5 Å². The van der Waals surface area contributed by atoms with Gasteiger partial charge < -0.3 is 14.8 Å². The molecule has 2 N–H and O–H groups in total. The van der Waals surface area contributed by atoms with Gasteiger partial charge in [0.2, 0.25) is 0 Å². The van der Waals surface area contributed by atoms with E-state index in [1.165, 1.54) is 0 Å². The van der Waals surface area contributed by atoms with Gasteiger partial charge in [-0.1, -0.05) is 54.1 Å². The average molecular weight is 404 g/mol. The third-order valence-electron chi connectivity index (χ3n) is 4.56. The zero-order valence-corrected chi connectivity index (χ0v) is 16.2. The fourth-order valence-corrected chi connectivity index (χ4v) is 3.32. The summed E-state index contributed by atoms with van der Waals surface area (Å²) in [4.78, 5) is 12.6. The van der Waals surface area contributed by atoms with Crippen molar-refractivity contribution in [3.63, 3.8) is 0 Å². The molecule has 0 aliphatic heterocycles. The first-order chi connectivity index (χ1) is 14.1. The van der Waals surface area contributed by atoms with Crippen molar-refractivity contribution >= 4 is 23.2 Å². The Hall–Kier alpha value is -3.34. The molecule has 0 atom stereocenters. The SMILES string of the molecule is O=C(Nc1ccc(-c2ccc(CO)o2)c(Cl)c1)c1ccc(-c2ccccc2)cc1. The molecule has 0 bridgehead atoms. The third-order valence-corrected chi connectivity index (χ3v) is 4.88. The van der Waals surface area contributed by atoms with Crippen LogP contribution in [-0.4, -0.2) is 11.0 Å². The molecule has 0 aliphatic rings. The number of nitrogens with one attached hydrogen (secondary N) is 1. The standard InChI is InChI=1S/C24H18ClNO3/c25-22-14-19(10-12-21(22)23-13-11-20(15-27)29-23)26-24(28)18-8-6-17(7-9-18)16-4-2-1-3-5-16/h1-14,27H,15H2,(H,26,28). The molecule has 1 amide bonds. The van der Waals surface area contributed by atoms with Gasteiger partial charge in [0.25, 0.3) is 5.91 Å². The molecular weight excluding hydrogens is 386 g/mol.